The predicted molar refractivity (Wildman–Crippen MR) is 124 cm³/mol. The molecule has 6 heteroatoms. The summed E-state index contributed by atoms with van der Waals surface area (Å²) in [5.41, 5.74) is 2.10. The van der Waals surface area contributed by atoms with Crippen molar-refractivity contribution >= 4 is 28.3 Å². The Morgan fingerprint density at radius 1 is 0.968 bits per heavy atom. The molecule has 0 unspecified atom stereocenters. The summed E-state index contributed by atoms with van der Waals surface area (Å²) in [6.07, 6.45) is 3.25. The highest BCUT2D eigenvalue weighted by Gasteiger charge is 2.23. The molecule has 0 spiro atoms. The van der Waals surface area contributed by atoms with Crippen LogP contribution in [0.1, 0.15) is 47.1 Å². The van der Waals surface area contributed by atoms with E-state index in [-0.39, 0.29) is 22.5 Å². The lowest BCUT2D eigenvalue weighted by Gasteiger charge is -2.17. The van der Waals surface area contributed by atoms with Crippen LogP contribution in [0, 0.1) is 0 Å². The standard InChI is InChI=1S/C20H16O5.C3H6O.C2H6/c1-3-13(14(4-2)20(23)24)19-15-7-5-11(21)9-17(15)25-18-10-12(22)6-8-16(18)19;1-3(2)4;1-2/h3-10,21H,1-2H3,(H,23,24);1-2H3;1-2H3/b13-3+,14-4+;;. The SMILES string of the molecule is C/C=C(\C(=C/C)C(=O)O)c1c2ccc(=O)cc-2oc2cc(O)ccc12.CC.CC(C)=O. The van der Waals surface area contributed by atoms with Crippen LogP contribution in [0.25, 0.3) is 27.9 Å². The first kappa shape index (κ1) is 25.4. The van der Waals surface area contributed by atoms with Gasteiger partial charge in [-0.25, -0.2) is 4.79 Å². The molecule has 0 saturated heterocycles. The summed E-state index contributed by atoms with van der Waals surface area (Å²) in [5, 5.41) is 19.9. The molecule has 0 saturated carbocycles. The van der Waals surface area contributed by atoms with Gasteiger partial charge in [-0.05, 0) is 57.5 Å². The third-order valence-electron chi connectivity index (χ3n) is 4.04. The Hall–Kier alpha value is -3.67. The van der Waals surface area contributed by atoms with Crippen molar-refractivity contribution in [1.29, 1.82) is 0 Å². The summed E-state index contributed by atoms with van der Waals surface area (Å²) in [4.78, 5) is 32.8. The lowest BCUT2D eigenvalue weighted by atomic mass is 9.89. The van der Waals surface area contributed by atoms with Crippen LogP contribution < -0.4 is 5.43 Å². The van der Waals surface area contributed by atoms with Gasteiger partial charge in [0.2, 0.25) is 0 Å². The molecule has 2 aliphatic rings. The molecule has 1 aromatic rings. The van der Waals surface area contributed by atoms with Crippen molar-refractivity contribution in [1.82, 2.24) is 0 Å². The number of fused-ring (bicyclic) bond motifs is 2. The number of phenolic OH excluding ortho intramolecular Hbond substituents is 1. The Bertz CT molecular complexity index is 1160. The highest BCUT2D eigenvalue weighted by molar-refractivity contribution is 6.11. The highest BCUT2D eigenvalue weighted by atomic mass is 16.4. The zero-order valence-corrected chi connectivity index (χ0v) is 18.6. The molecule has 0 bridgehead atoms. The number of benzene rings is 2. The smallest absolute Gasteiger partial charge is 0.335 e. The second kappa shape index (κ2) is 11.5. The van der Waals surface area contributed by atoms with E-state index in [1.54, 1.807) is 32.1 Å². The van der Waals surface area contributed by atoms with Gasteiger partial charge in [0.05, 0.1) is 5.57 Å². The molecule has 6 nitrogen and oxygen atoms in total. The topological polar surface area (TPSA) is 105 Å². The fraction of sp³-hybridized carbons (Fsp3) is 0.240. The van der Waals surface area contributed by atoms with E-state index in [4.69, 9.17) is 4.42 Å². The van der Waals surface area contributed by atoms with Gasteiger partial charge in [0.25, 0.3) is 0 Å². The minimum atomic E-state index is -1.04. The number of ketones is 1. The van der Waals surface area contributed by atoms with Crippen molar-refractivity contribution in [2.24, 2.45) is 0 Å². The quantitative estimate of drug-likeness (QED) is 0.319. The third-order valence-corrected chi connectivity index (χ3v) is 4.04. The number of aromatic hydroxyl groups is 1. The van der Waals surface area contributed by atoms with Gasteiger partial charge in [-0.15, -0.1) is 0 Å². The molecule has 1 aliphatic heterocycles. The van der Waals surface area contributed by atoms with Crippen LogP contribution in [0.2, 0.25) is 0 Å². The van der Waals surface area contributed by atoms with Crippen molar-refractivity contribution in [3.63, 3.8) is 0 Å². The van der Waals surface area contributed by atoms with Crippen LogP contribution in [-0.4, -0.2) is 22.0 Å². The summed E-state index contributed by atoms with van der Waals surface area (Å²) >= 11 is 0. The number of rotatable bonds is 3. The van der Waals surface area contributed by atoms with Gasteiger partial charge < -0.3 is 19.4 Å². The number of hydrogen-bond donors (Lipinski definition) is 2. The van der Waals surface area contributed by atoms with Gasteiger partial charge in [0.1, 0.15) is 22.9 Å². The second-order valence-electron chi connectivity index (χ2n) is 6.43. The van der Waals surface area contributed by atoms with Gasteiger partial charge >= 0.3 is 5.97 Å². The number of carboxylic acid groups (broad SMARTS) is 1. The first-order valence-electron chi connectivity index (χ1n) is 9.93. The molecule has 1 heterocycles. The van der Waals surface area contributed by atoms with Gasteiger partial charge in [-0.1, -0.05) is 26.0 Å². The van der Waals surface area contributed by atoms with Crippen molar-refractivity contribution in [2.45, 2.75) is 41.5 Å². The molecule has 3 rings (SSSR count). The number of carbonyl (C=O) groups is 2. The van der Waals surface area contributed by atoms with Crippen molar-refractivity contribution in [3.8, 4) is 17.1 Å². The first-order chi connectivity index (χ1) is 14.7. The molecular weight excluding hydrogens is 396 g/mol. The van der Waals surface area contributed by atoms with E-state index in [0.717, 1.165) is 0 Å². The molecule has 2 N–H and O–H groups in total. The summed E-state index contributed by atoms with van der Waals surface area (Å²) in [7, 11) is 0. The van der Waals surface area contributed by atoms with E-state index < -0.39 is 5.97 Å². The Morgan fingerprint density at radius 2 is 1.58 bits per heavy atom. The minimum Gasteiger partial charge on any atom is -0.508 e. The zero-order valence-electron chi connectivity index (χ0n) is 18.6. The highest BCUT2D eigenvalue weighted by Crippen LogP contribution is 2.40. The number of allylic oxidation sites excluding steroid dienone is 2. The largest absolute Gasteiger partial charge is 0.508 e. The molecule has 0 aromatic heterocycles. The molecular formula is C25H28O6. The first-order valence-corrected chi connectivity index (χ1v) is 9.93. The lowest BCUT2D eigenvalue weighted by molar-refractivity contribution is -0.132. The number of carboxylic acids is 1. The summed E-state index contributed by atoms with van der Waals surface area (Å²) in [6, 6.07) is 9.02. The van der Waals surface area contributed by atoms with Crippen molar-refractivity contribution in [2.75, 3.05) is 0 Å². The fourth-order valence-corrected chi connectivity index (χ4v) is 2.98. The van der Waals surface area contributed by atoms with Gasteiger partial charge in [-0.2, -0.15) is 0 Å². The van der Waals surface area contributed by atoms with Crippen LogP contribution >= 0.6 is 0 Å². The monoisotopic (exact) mass is 424 g/mol. The number of phenols is 1. The van der Waals surface area contributed by atoms with E-state index >= 15 is 0 Å². The van der Waals surface area contributed by atoms with Crippen LogP contribution in [0.3, 0.4) is 0 Å². The predicted octanol–water partition coefficient (Wildman–Crippen LogP) is 5.66. The average molecular weight is 424 g/mol. The second-order valence-corrected chi connectivity index (χ2v) is 6.43. The van der Waals surface area contributed by atoms with E-state index in [9.17, 15) is 24.6 Å². The maximum absolute atomic E-state index is 11.7. The minimum absolute atomic E-state index is 0.0198. The number of Topliss-reactive ketones (excluding diaryl/α,β-unsaturated/α-hetero) is 1. The Morgan fingerprint density at radius 3 is 2.10 bits per heavy atom. The summed E-state index contributed by atoms with van der Waals surface area (Å²) in [5.74, 6) is -0.524. The molecule has 1 aliphatic carbocycles. The summed E-state index contributed by atoms with van der Waals surface area (Å²) < 4.78 is 5.76. The molecule has 0 atom stereocenters. The Balaban J connectivity index is 0.000000720. The van der Waals surface area contributed by atoms with Crippen LogP contribution in [0.4, 0.5) is 0 Å². The van der Waals surface area contributed by atoms with Gasteiger partial charge in [0, 0.05) is 28.6 Å². The normalized spacial score (nSPS) is 11.3. The molecule has 0 radical (unpaired) electrons. The molecule has 31 heavy (non-hydrogen) atoms. The number of aliphatic carboxylic acids is 1. The Kier molecular flexibility index (Phi) is 9.41. The van der Waals surface area contributed by atoms with Crippen molar-refractivity contribution < 1.29 is 24.2 Å². The van der Waals surface area contributed by atoms with Gasteiger partial charge in [-0.3, -0.25) is 4.79 Å². The van der Waals surface area contributed by atoms with Crippen LogP contribution in [0.5, 0.6) is 5.75 Å². The van der Waals surface area contributed by atoms with Gasteiger partial charge in [0.15, 0.2) is 5.43 Å². The number of hydrogen-bond acceptors (Lipinski definition) is 5. The maximum atomic E-state index is 11.7. The maximum Gasteiger partial charge on any atom is 0.335 e. The lowest BCUT2D eigenvalue weighted by Crippen LogP contribution is -2.06. The summed E-state index contributed by atoms with van der Waals surface area (Å²) in [6.45, 7) is 10.5. The molecule has 0 fully saturated rings. The van der Waals surface area contributed by atoms with E-state index in [0.29, 0.717) is 33.4 Å². The zero-order chi connectivity index (χ0) is 23.7. The molecule has 0 amide bonds. The van der Waals surface area contributed by atoms with E-state index in [1.807, 2.05) is 13.8 Å². The average Bonchev–Trinajstić information content (AvgIpc) is 2.71. The number of carbonyl (C=O) groups excluding carboxylic acids is 1. The van der Waals surface area contributed by atoms with Crippen LogP contribution in [-0.2, 0) is 9.59 Å². The Labute approximate surface area is 181 Å². The van der Waals surface area contributed by atoms with E-state index in [1.165, 1.54) is 44.2 Å². The van der Waals surface area contributed by atoms with Crippen LogP contribution in [0.15, 0.2) is 63.3 Å². The van der Waals surface area contributed by atoms with E-state index in [2.05, 4.69) is 0 Å². The van der Waals surface area contributed by atoms with Crippen molar-refractivity contribution in [3.05, 3.63) is 69.9 Å². The third kappa shape index (κ3) is 6.15. The molecule has 164 valence electrons. The molecule has 1 aromatic carbocycles. The fourth-order valence-electron chi connectivity index (χ4n) is 2.98.